The first-order chi connectivity index (χ1) is 8.74. The number of carbonyl (C=O) groups excluding carboxylic acids is 1. The third-order valence-electron chi connectivity index (χ3n) is 2.75. The van der Waals surface area contributed by atoms with E-state index in [1.807, 2.05) is 0 Å². The van der Waals surface area contributed by atoms with E-state index in [0.29, 0.717) is 30.5 Å². The predicted molar refractivity (Wildman–Crippen MR) is 65.2 cm³/mol. The molecule has 0 unspecified atom stereocenters. The van der Waals surface area contributed by atoms with Gasteiger partial charge in [0.05, 0.1) is 33.0 Å². The highest BCUT2D eigenvalue weighted by molar-refractivity contribution is 5.90. The fourth-order valence-electron chi connectivity index (χ4n) is 1.79. The van der Waals surface area contributed by atoms with Crippen LogP contribution in [-0.2, 0) is 9.47 Å². The van der Waals surface area contributed by atoms with E-state index < -0.39 is 5.97 Å². The van der Waals surface area contributed by atoms with Gasteiger partial charge in [-0.15, -0.1) is 0 Å². The van der Waals surface area contributed by atoms with Gasteiger partial charge in [-0.05, 0) is 6.07 Å². The Morgan fingerprint density at radius 3 is 2.67 bits per heavy atom. The van der Waals surface area contributed by atoms with Crippen LogP contribution in [0.1, 0.15) is 10.4 Å². The van der Waals surface area contributed by atoms with E-state index in [2.05, 4.69) is 9.88 Å². The smallest absolute Gasteiger partial charge is 0.338 e. The SMILES string of the molecule is COC(=O)c1cc(OC)nc(N2CCOCC2)c1. The van der Waals surface area contributed by atoms with E-state index in [9.17, 15) is 4.79 Å². The lowest BCUT2D eigenvalue weighted by molar-refractivity contribution is 0.0600. The monoisotopic (exact) mass is 252 g/mol. The third kappa shape index (κ3) is 2.70. The zero-order valence-corrected chi connectivity index (χ0v) is 10.5. The molecule has 6 nitrogen and oxygen atoms in total. The molecule has 6 heteroatoms. The van der Waals surface area contributed by atoms with Gasteiger partial charge in [-0.25, -0.2) is 4.79 Å². The van der Waals surface area contributed by atoms with Crippen molar-refractivity contribution in [3.8, 4) is 5.88 Å². The van der Waals surface area contributed by atoms with E-state index in [1.165, 1.54) is 14.2 Å². The van der Waals surface area contributed by atoms with Gasteiger partial charge in [-0.3, -0.25) is 0 Å². The van der Waals surface area contributed by atoms with Crippen molar-refractivity contribution < 1.29 is 19.0 Å². The second-order valence-electron chi connectivity index (χ2n) is 3.85. The molecule has 0 saturated carbocycles. The topological polar surface area (TPSA) is 60.9 Å². The maximum absolute atomic E-state index is 11.6. The third-order valence-corrected chi connectivity index (χ3v) is 2.75. The molecular formula is C12H16N2O4. The summed E-state index contributed by atoms with van der Waals surface area (Å²) in [5.41, 5.74) is 0.436. The minimum Gasteiger partial charge on any atom is -0.481 e. The Labute approximate surface area is 105 Å². The van der Waals surface area contributed by atoms with Gasteiger partial charge in [0.25, 0.3) is 0 Å². The number of pyridine rings is 1. The molecule has 0 spiro atoms. The Hall–Kier alpha value is -1.82. The Bertz CT molecular complexity index is 430. The maximum atomic E-state index is 11.6. The number of hydrogen-bond donors (Lipinski definition) is 0. The standard InChI is InChI=1S/C12H16N2O4/c1-16-11-8-9(12(15)17-2)7-10(13-11)14-3-5-18-6-4-14/h7-8H,3-6H2,1-2H3. The molecule has 0 atom stereocenters. The Morgan fingerprint density at radius 1 is 1.33 bits per heavy atom. The molecule has 1 aliphatic heterocycles. The van der Waals surface area contributed by atoms with Crippen molar-refractivity contribution in [1.82, 2.24) is 4.98 Å². The van der Waals surface area contributed by atoms with Crippen molar-refractivity contribution in [2.45, 2.75) is 0 Å². The van der Waals surface area contributed by atoms with E-state index in [-0.39, 0.29) is 0 Å². The molecule has 1 aromatic rings. The highest BCUT2D eigenvalue weighted by Crippen LogP contribution is 2.20. The number of carbonyl (C=O) groups is 1. The van der Waals surface area contributed by atoms with Gasteiger partial charge in [-0.1, -0.05) is 0 Å². The number of anilines is 1. The molecule has 1 fully saturated rings. The highest BCUT2D eigenvalue weighted by atomic mass is 16.5. The zero-order valence-electron chi connectivity index (χ0n) is 10.5. The van der Waals surface area contributed by atoms with Crippen LogP contribution >= 0.6 is 0 Å². The first-order valence-corrected chi connectivity index (χ1v) is 5.71. The van der Waals surface area contributed by atoms with Crippen LogP contribution in [0, 0.1) is 0 Å². The predicted octanol–water partition coefficient (Wildman–Crippen LogP) is 0.713. The van der Waals surface area contributed by atoms with Gasteiger partial charge in [-0.2, -0.15) is 4.98 Å². The molecule has 0 aromatic carbocycles. The number of morpholine rings is 1. The van der Waals surface area contributed by atoms with E-state index in [4.69, 9.17) is 14.2 Å². The fourth-order valence-corrected chi connectivity index (χ4v) is 1.79. The molecule has 1 saturated heterocycles. The first kappa shape index (κ1) is 12.6. The van der Waals surface area contributed by atoms with Gasteiger partial charge in [0, 0.05) is 19.2 Å². The molecule has 0 radical (unpaired) electrons. The normalized spacial score (nSPS) is 15.3. The average molecular weight is 252 g/mol. The number of aromatic nitrogens is 1. The van der Waals surface area contributed by atoms with Crippen LogP contribution in [0.25, 0.3) is 0 Å². The summed E-state index contributed by atoms with van der Waals surface area (Å²) in [6, 6.07) is 3.27. The summed E-state index contributed by atoms with van der Waals surface area (Å²) in [5, 5.41) is 0. The molecule has 0 amide bonds. The number of rotatable bonds is 3. The van der Waals surface area contributed by atoms with E-state index in [0.717, 1.165) is 13.1 Å². The minimum atomic E-state index is -0.398. The summed E-state index contributed by atoms with van der Waals surface area (Å²) in [7, 11) is 2.87. The first-order valence-electron chi connectivity index (χ1n) is 5.71. The minimum absolute atomic E-state index is 0.398. The number of methoxy groups -OCH3 is 2. The van der Waals surface area contributed by atoms with Gasteiger partial charge in [0.15, 0.2) is 0 Å². The van der Waals surface area contributed by atoms with Gasteiger partial charge in [0.1, 0.15) is 5.82 Å². The average Bonchev–Trinajstić information content (AvgIpc) is 2.46. The summed E-state index contributed by atoms with van der Waals surface area (Å²) in [6.45, 7) is 2.82. The Kier molecular flexibility index (Phi) is 3.99. The molecule has 2 heterocycles. The van der Waals surface area contributed by atoms with Crippen LogP contribution in [0.5, 0.6) is 5.88 Å². The molecule has 0 N–H and O–H groups in total. The number of ether oxygens (including phenoxy) is 3. The fraction of sp³-hybridized carbons (Fsp3) is 0.500. The van der Waals surface area contributed by atoms with Crippen LogP contribution in [0.15, 0.2) is 12.1 Å². The molecule has 0 bridgehead atoms. The summed E-state index contributed by atoms with van der Waals surface area (Å²) in [5.74, 6) is 0.711. The second kappa shape index (κ2) is 5.68. The molecule has 1 aliphatic rings. The summed E-state index contributed by atoms with van der Waals surface area (Å²) < 4.78 is 15.1. The quantitative estimate of drug-likeness (QED) is 0.738. The number of hydrogen-bond acceptors (Lipinski definition) is 6. The molecule has 18 heavy (non-hydrogen) atoms. The lowest BCUT2D eigenvalue weighted by Crippen LogP contribution is -2.36. The van der Waals surface area contributed by atoms with Crippen molar-refractivity contribution in [1.29, 1.82) is 0 Å². The second-order valence-corrected chi connectivity index (χ2v) is 3.85. The van der Waals surface area contributed by atoms with Crippen molar-refractivity contribution in [3.63, 3.8) is 0 Å². The summed E-state index contributed by atoms with van der Waals surface area (Å²) in [6.07, 6.45) is 0. The maximum Gasteiger partial charge on any atom is 0.338 e. The van der Waals surface area contributed by atoms with Crippen molar-refractivity contribution >= 4 is 11.8 Å². The summed E-state index contributed by atoms with van der Waals surface area (Å²) >= 11 is 0. The van der Waals surface area contributed by atoms with Crippen LogP contribution in [0.3, 0.4) is 0 Å². The lowest BCUT2D eigenvalue weighted by Gasteiger charge is -2.28. The molecule has 1 aromatic heterocycles. The molecule has 2 rings (SSSR count). The Morgan fingerprint density at radius 2 is 2.06 bits per heavy atom. The van der Waals surface area contributed by atoms with Gasteiger partial charge < -0.3 is 19.1 Å². The van der Waals surface area contributed by atoms with Crippen molar-refractivity contribution in [2.75, 3.05) is 45.4 Å². The van der Waals surface area contributed by atoms with E-state index >= 15 is 0 Å². The van der Waals surface area contributed by atoms with Crippen molar-refractivity contribution in [3.05, 3.63) is 17.7 Å². The van der Waals surface area contributed by atoms with Gasteiger partial charge >= 0.3 is 5.97 Å². The summed E-state index contributed by atoms with van der Waals surface area (Å²) in [4.78, 5) is 18.0. The van der Waals surface area contributed by atoms with Gasteiger partial charge in [0.2, 0.25) is 5.88 Å². The molecular weight excluding hydrogens is 236 g/mol. The molecule has 0 aliphatic carbocycles. The Balaban J connectivity index is 2.30. The number of nitrogens with zero attached hydrogens (tertiary/aromatic N) is 2. The van der Waals surface area contributed by atoms with Crippen LogP contribution in [-0.4, -0.2) is 51.5 Å². The van der Waals surface area contributed by atoms with Crippen LogP contribution in [0.2, 0.25) is 0 Å². The molecule has 98 valence electrons. The number of esters is 1. The highest BCUT2D eigenvalue weighted by Gasteiger charge is 2.17. The van der Waals surface area contributed by atoms with Crippen LogP contribution in [0.4, 0.5) is 5.82 Å². The van der Waals surface area contributed by atoms with E-state index in [1.54, 1.807) is 12.1 Å². The largest absolute Gasteiger partial charge is 0.481 e. The zero-order chi connectivity index (χ0) is 13.0. The lowest BCUT2D eigenvalue weighted by atomic mass is 10.2. The van der Waals surface area contributed by atoms with Crippen LogP contribution < -0.4 is 9.64 Å². The van der Waals surface area contributed by atoms with Crippen molar-refractivity contribution in [2.24, 2.45) is 0 Å².